The van der Waals surface area contributed by atoms with E-state index < -0.39 is 0 Å². The number of amides is 1. The highest BCUT2D eigenvalue weighted by Gasteiger charge is 2.18. The lowest BCUT2D eigenvalue weighted by Crippen LogP contribution is -2.36. The number of aromatic nitrogens is 5. The highest BCUT2D eigenvalue weighted by molar-refractivity contribution is 6.08. The molecular formula is C21H22N6O. The lowest BCUT2D eigenvalue weighted by molar-refractivity contribution is 0.0937. The second-order valence-electron chi connectivity index (χ2n) is 7.12. The van der Waals surface area contributed by atoms with Crippen molar-refractivity contribution in [2.45, 2.75) is 33.4 Å². The number of carbonyl (C=O) groups is 1. The minimum Gasteiger partial charge on any atom is -0.348 e. The van der Waals surface area contributed by atoms with Gasteiger partial charge in [0.2, 0.25) is 0 Å². The number of nitrogens with zero attached hydrogens (tertiary/aromatic N) is 4. The summed E-state index contributed by atoms with van der Waals surface area (Å²) in [6.07, 6.45) is 7.10. The van der Waals surface area contributed by atoms with Gasteiger partial charge in [0, 0.05) is 35.6 Å². The Hall–Kier alpha value is -3.48. The Morgan fingerprint density at radius 1 is 1.29 bits per heavy atom. The third-order valence-corrected chi connectivity index (χ3v) is 4.69. The van der Waals surface area contributed by atoms with Crippen molar-refractivity contribution in [2.75, 3.05) is 0 Å². The molecule has 0 spiro atoms. The van der Waals surface area contributed by atoms with E-state index in [1.54, 1.807) is 23.3 Å². The fourth-order valence-corrected chi connectivity index (χ4v) is 3.51. The first kappa shape index (κ1) is 17.9. The van der Waals surface area contributed by atoms with Gasteiger partial charge in [0.15, 0.2) is 0 Å². The molecule has 7 heteroatoms. The van der Waals surface area contributed by atoms with Gasteiger partial charge in [-0.2, -0.15) is 10.2 Å². The molecular weight excluding hydrogens is 352 g/mol. The normalized spacial score (nSPS) is 12.2. The minimum absolute atomic E-state index is 0.0706. The van der Waals surface area contributed by atoms with Crippen LogP contribution in [0.25, 0.3) is 22.2 Å². The number of benzene rings is 1. The Bertz CT molecular complexity index is 1120. The van der Waals surface area contributed by atoms with E-state index in [4.69, 9.17) is 4.98 Å². The van der Waals surface area contributed by atoms with Gasteiger partial charge < -0.3 is 5.32 Å². The molecule has 1 aromatic carbocycles. The van der Waals surface area contributed by atoms with Gasteiger partial charge in [0.25, 0.3) is 5.91 Å². The molecule has 0 fully saturated rings. The summed E-state index contributed by atoms with van der Waals surface area (Å²) in [6, 6.07) is 7.72. The van der Waals surface area contributed by atoms with E-state index in [1.165, 1.54) is 0 Å². The maximum absolute atomic E-state index is 13.2. The standard InChI is InChI=1S/C21H22N6O/c1-13-7-14(2)20-17(21(28)25-15(3)12-27-6-4-5-24-27)9-18(26-19(20)8-13)16-10-22-23-11-16/h4-11,15H,12H2,1-3H3,(H,22,23)(H,25,28)/t15-/m1/s1. The number of nitrogens with one attached hydrogen (secondary N) is 2. The van der Waals surface area contributed by atoms with E-state index >= 15 is 0 Å². The van der Waals surface area contributed by atoms with Gasteiger partial charge >= 0.3 is 0 Å². The molecule has 2 N–H and O–H groups in total. The zero-order valence-corrected chi connectivity index (χ0v) is 16.1. The van der Waals surface area contributed by atoms with Crippen LogP contribution in [0, 0.1) is 13.8 Å². The van der Waals surface area contributed by atoms with Crippen LogP contribution >= 0.6 is 0 Å². The first-order valence-corrected chi connectivity index (χ1v) is 9.20. The number of hydrogen-bond acceptors (Lipinski definition) is 4. The molecule has 0 aliphatic rings. The SMILES string of the molecule is Cc1cc(C)c2c(C(=O)N[C@H](C)Cn3cccn3)cc(-c3cn[nH]c3)nc2c1. The van der Waals surface area contributed by atoms with Gasteiger partial charge in [-0.3, -0.25) is 14.6 Å². The molecule has 3 heterocycles. The molecule has 0 radical (unpaired) electrons. The number of hydrogen-bond donors (Lipinski definition) is 2. The molecule has 142 valence electrons. The summed E-state index contributed by atoms with van der Waals surface area (Å²) in [5, 5.41) is 15.0. The zero-order chi connectivity index (χ0) is 19.7. The molecule has 7 nitrogen and oxygen atoms in total. The lowest BCUT2D eigenvalue weighted by Gasteiger charge is -2.16. The summed E-state index contributed by atoms with van der Waals surface area (Å²) in [7, 11) is 0. The van der Waals surface area contributed by atoms with Gasteiger partial charge in [-0.25, -0.2) is 4.98 Å². The summed E-state index contributed by atoms with van der Waals surface area (Å²) in [4.78, 5) is 17.9. The Kier molecular flexibility index (Phi) is 4.65. The summed E-state index contributed by atoms with van der Waals surface area (Å²) in [5.41, 5.74) is 5.13. The first-order chi connectivity index (χ1) is 13.5. The highest BCUT2D eigenvalue weighted by atomic mass is 16.1. The Labute approximate surface area is 162 Å². The van der Waals surface area contributed by atoms with Crippen molar-refractivity contribution in [1.29, 1.82) is 0 Å². The van der Waals surface area contributed by atoms with Crippen molar-refractivity contribution in [1.82, 2.24) is 30.3 Å². The average Bonchev–Trinajstić information content (AvgIpc) is 3.34. The van der Waals surface area contributed by atoms with Crippen LogP contribution in [0.1, 0.15) is 28.4 Å². The molecule has 3 aromatic heterocycles. The summed E-state index contributed by atoms with van der Waals surface area (Å²) in [6.45, 7) is 6.62. The third-order valence-electron chi connectivity index (χ3n) is 4.69. The van der Waals surface area contributed by atoms with E-state index in [2.05, 4.69) is 26.7 Å². The highest BCUT2D eigenvalue weighted by Crippen LogP contribution is 2.28. The zero-order valence-electron chi connectivity index (χ0n) is 16.1. The van der Waals surface area contributed by atoms with Gasteiger partial charge in [-0.15, -0.1) is 0 Å². The fourth-order valence-electron chi connectivity index (χ4n) is 3.51. The van der Waals surface area contributed by atoms with Crippen molar-refractivity contribution in [3.8, 4) is 11.3 Å². The predicted molar refractivity (Wildman–Crippen MR) is 108 cm³/mol. The number of fused-ring (bicyclic) bond motifs is 1. The summed E-state index contributed by atoms with van der Waals surface area (Å²) in [5.74, 6) is -0.122. The predicted octanol–water partition coefficient (Wildman–Crippen LogP) is 3.26. The molecule has 1 amide bonds. The smallest absolute Gasteiger partial charge is 0.252 e. The second-order valence-corrected chi connectivity index (χ2v) is 7.12. The van der Waals surface area contributed by atoms with Crippen LogP contribution in [-0.4, -0.2) is 36.9 Å². The first-order valence-electron chi connectivity index (χ1n) is 9.20. The molecule has 0 aliphatic carbocycles. The number of aromatic amines is 1. The molecule has 0 bridgehead atoms. The van der Waals surface area contributed by atoms with E-state index in [9.17, 15) is 4.79 Å². The van der Waals surface area contributed by atoms with E-state index in [1.807, 2.05) is 45.2 Å². The van der Waals surface area contributed by atoms with Crippen molar-refractivity contribution in [2.24, 2.45) is 0 Å². The largest absolute Gasteiger partial charge is 0.348 e. The monoisotopic (exact) mass is 374 g/mol. The van der Waals surface area contributed by atoms with Crippen LogP contribution in [0.15, 0.2) is 49.1 Å². The Morgan fingerprint density at radius 2 is 2.14 bits per heavy atom. The maximum Gasteiger partial charge on any atom is 0.252 e. The molecule has 0 saturated heterocycles. The molecule has 0 unspecified atom stereocenters. The van der Waals surface area contributed by atoms with E-state index in [-0.39, 0.29) is 11.9 Å². The molecule has 28 heavy (non-hydrogen) atoms. The van der Waals surface area contributed by atoms with Crippen LogP contribution in [0.3, 0.4) is 0 Å². The van der Waals surface area contributed by atoms with Crippen LogP contribution in [0.5, 0.6) is 0 Å². The number of rotatable bonds is 5. The van der Waals surface area contributed by atoms with Gasteiger partial charge in [-0.05, 0) is 50.1 Å². The van der Waals surface area contributed by atoms with Crippen LogP contribution in [0.4, 0.5) is 0 Å². The fraction of sp³-hybridized carbons (Fsp3) is 0.238. The summed E-state index contributed by atoms with van der Waals surface area (Å²) < 4.78 is 1.81. The quantitative estimate of drug-likeness (QED) is 0.561. The lowest BCUT2D eigenvalue weighted by atomic mass is 9.99. The molecule has 0 aliphatic heterocycles. The van der Waals surface area contributed by atoms with E-state index in [0.29, 0.717) is 12.1 Å². The molecule has 0 saturated carbocycles. The molecule has 4 aromatic rings. The number of pyridine rings is 1. The Balaban J connectivity index is 1.74. The van der Waals surface area contributed by atoms with Crippen LogP contribution in [-0.2, 0) is 6.54 Å². The van der Waals surface area contributed by atoms with Crippen LogP contribution in [0.2, 0.25) is 0 Å². The van der Waals surface area contributed by atoms with Crippen molar-refractivity contribution < 1.29 is 4.79 Å². The second kappa shape index (κ2) is 7.26. The van der Waals surface area contributed by atoms with Gasteiger partial charge in [0.05, 0.1) is 29.5 Å². The maximum atomic E-state index is 13.2. The third kappa shape index (κ3) is 3.51. The van der Waals surface area contributed by atoms with Gasteiger partial charge in [-0.1, -0.05) is 6.07 Å². The topological polar surface area (TPSA) is 88.5 Å². The molecule has 1 atom stereocenters. The summed E-state index contributed by atoms with van der Waals surface area (Å²) >= 11 is 0. The number of H-pyrrole nitrogens is 1. The number of carbonyl (C=O) groups excluding carboxylic acids is 1. The minimum atomic E-state index is -0.122. The molecule has 4 rings (SSSR count). The van der Waals surface area contributed by atoms with Crippen LogP contribution < -0.4 is 5.32 Å². The number of aryl methyl sites for hydroxylation is 2. The van der Waals surface area contributed by atoms with E-state index in [0.717, 1.165) is 33.3 Å². The van der Waals surface area contributed by atoms with Crippen molar-refractivity contribution >= 4 is 16.8 Å². The van der Waals surface area contributed by atoms with Crippen molar-refractivity contribution in [3.63, 3.8) is 0 Å². The van der Waals surface area contributed by atoms with Crippen molar-refractivity contribution in [3.05, 3.63) is 65.7 Å². The Morgan fingerprint density at radius 3 is 2.86 bits per heavy atom. The average molecular weight is 374 g/mol. The van der Waals surface area contributed by atoms with Gasteiger partial charge in [0.1, 0.15) is 0 Å².